The zero-order chi connectivity index (χ0) is 15.8. The Morgan fingerprint density at radius 2 is 1.05 bits per heavy atom. The van der Waals surface area contributed by atoms with Gasteiger partial charge in [0.1, 0.15) is 11.2 Å². The van der Waals surface area contributed by atoms with E-state index in [9.17, 15) is 9.59 Å². The first kappa shape index (κ1) is 18.1. The third-order valence-electron chi connectivity index (χ3n) is 1.43. The van der Waals surface area contributed by atoms with E-state index in [1.807, 2.05) is 0 Å². The minimum absolute atomic E-state index is 0.132. The Morgan fingerprint density at radius 3 is 1.30 bits per heavy atom. The maximum atomic E-state index is 11.1. The normalized spacial score (nSPS) is 10.9. The number of carbonyl (C=O) groups is 2. The first-order chi connectivity index (χ1) is 8.99. The summed E-state index contributed by atoms with van der Waals surface area (Å²) in [7, 11) is 0. The summed E-state index contributed by atoms with van der Waals surface area (Å²) in [6.07, 6.45) is -1.58. The van der Waals surface area contributed by atoms with Crippen LogP contribution in [-0.2, 0) is 18.9 Å². The van der Waals surface area contributed by atoms with Gasteiger partial charge in [0.2, 0.25) is 0 Å². The molecule has 0 aromatic heterocycles. The molecule has 0 aromatic carbocycles. The van der Waals surface area contributed by atoms with Crippen molar-refractivity contribution < 1.29 is 28.5 Å². The highest BCUT2D eigenvalue weighted by molar-refractivity contribution is 5.61. The molecular weight excluding hydrogens is 264 g/mol. The first-order valence-corrected chi connectivity index (χ1v) is 6.17. The topological polar surface area (TPSA) is 71.1 Å². The maximum Gasteiger partial charge on any atom is 0.509 e. The van der Waals surface area contributed by atoms with Crippen LogP contribution in [0.1, 0.15) is 41.5 Å². The molecule has 0 atom stereocenters. The van der Waals surface area contributed by atoms with Gasteiger partial charge in [-0.2, -0.15) is 0 Å². The fourth-order valence-corrected chi connectivity index (χ4v) is 0.851. The average Bonchev–Trinajstić information content (AvgIpc) is 2.17. The van der Waals surface area contributed by atoms with Gasteiger partial charge < -0.3 is 18.9 Å². The Morgan fingerprint density at radius 1 is 0.750 bits per heavy atom. The largest absolute Gasteiger partial charge is 0.509 e. The van der Waals surface area contributed by atoms with Gasteiger partial charge in [-0.1, -0.05) is 11.8 Å². The van der Waals surface area contributed by atoms with E-state index in [-0.39, 0.29) is 13.2 Å². The molecule has 0 radical (unpaired) electrons. The third-order valence-corrected chi connectivity index (χ3v) is 1.43. The van der Waals surface area contributed by atoms with Gasteiger partial charge in [0.05, 0.1) is 0 Å². The highest BCUT2D eigenvalue weighted by atomic mass is 16.7. The van der Waals surface area contributed by atoms with E-state index >= 15 is 0 Å². The zero-order valence-corrected chi connectivity index (χ0v) is 12.9. The van der Waals surface area contributed by atoms with Crippen molar-refractivity contribution in [3.8, 4) is 11.8 Å². The van der Waals surface area contributed by atoms with Gasteiger partial charge in [0.25, 0.3) is 0 Å². The Hall–Kier alpha value is -1.90. The standard InChI is InChI=1S/C14H22O6/c1-13(2,3)19-11(15)17-9-7-8-10-18-12(16)20-14(4,5)6/h9-10H2,1-6H3. The number of hydrogen-bond acceptors (Lipinski definition) is 6. The highest BCUT2D eigenvalue weighted by Gasteiger charge is 2.17. The van der Waals surface area contributed by atoms with Gasteiger partial charge in [0.15, 0.2) is 13.2 Å². The second-order valence-electron chi connectivity index (χ2n) is 5.86. The molecule has 0 aromatic rings. The molecule has 6 nitrogen and oxygen atoms in total. The van der Waals surface area contributed by atoms with E-state index < -0.39 is 23.5 Å². The van der Waals surface area contributed by atoms with Crippen molar-refractivity contribution in [2.45, 2.75) is 52.7 Å². The maximum absolute atomic E-state index is 11.1. The molecule has 6 heteroatoms. The summed E-state index contributed by atoms with van der Waals surface area (Å²) in [5.74, 6) is 5.03. The van der Waals surface area contributed by atoms with Crippen LogP contribution in [0, 0.1) is 11.8 Å². The predicted molar refractivity (Wildman–Crippen MR) is 72.1 cm³/mol. The van der Waals surface area contributed by atoms with Crippen LogP contribution in [0.25, 0.3) is 0 Å². The van der Waals surface area contributed by atoms with Gasteiger partial charge in [-0.25, -0.2) is 9.59 Å². The molecule has 0 amide bonds. The van der Waals surface area contributed by atoms with Crippen molar-refractivity contribution in [2.24, 2.45) is 0 Å². The van der Waals surface area contributed by atoms with Crippen molar-refractivity contribution in [1.29, 1.82) is 0 Å². The predicted octanol–water partition coefficient (Wildman–Crippen LogP) is 2.89. The molecule has 0 aliphatic heterocycles. The van der Waals surface area contributed by atoms with Gasteiger partial charge in [0, 0.05) is 0 Å². The van der Waals surface area contributed by atoms with Crippen LogP contribution in [0.4, 0.5) is 9.59 Å². The lowest BCUT2D eigenvalue weighted by atomic mass is 10.2. The molecule has 0 heterocycles. The van der Waals surface area contributed by atoms with E-state index in [1.54, 1.807) is 41.5 Å². The number of carbonyl (C=O) groups excluding carboxylic acids is 2. The molecule has 0 aliphatic rings. The molecular formula is C14H22O6. The van der Waals surface area contributed by atoms with Crippen molar-refractivity contribution in [3.05, 3.63) is 0 Å². The quantitative estimate of drug-likeness (QED) is 0.574. The van der Waals surface area contributed by atoms with Crippen LogP contribution in [0.5, 0.6) is 0 Å². The SMILES string of the molecule is CC(C)(C)OC(=O)OCC#CCOC(=O)OC(C)(C)C. The summed E-state index contributed by atoms with van der Waals surface area (Å²) in [6.45, 7) is 10.1. The van der Waals surface area contributed by atoms with Crippen molar-refractivity contribution in [2.75, 3.05) is 13.2 Å². The third kappa shape index (κ3) is 12.6. The second kappa shape index (κ2) is 7.63. The van der Waals surface area contributed by atoms with E-state index in [4.69, 9.17) is 18.9 Å². The Bertz CT molecular complexity index is 353. The molecule has 0 unspecified atom stereocenters. The summed E-state index contributed by atoms with van der Waals surface area (Å²) in [5.41, 5.74) is -1.21. The molecule has 114 valence electrons. The molecule has 0 spiro atoms. The van der Waals surface area contributed by atoms with Crippen LogP contribution in [0.2, 0.25) is 0 Å². The molecule has 0 rings (SSSR count). The zero-order valence-electron chi connectivity index (χ0n) is 12.9. The molecule has 0 N–H and O–H groups in total. The summed E-state index contributed by atoms with van der Waals surface area (Å²) in [6, 6.07) is 0. The summed E-state index contributed by atoms with van der Waals surface area (Å²) in [5, 5.41) is 0. The molecule has 0 saturated carbocycles. The fraction of sp³-hybridized carbons (Fsp3) is 0.714. The number of rotatable bonds is 2. The Kier molecular flexibility index (Phi) is 6.91. The van der Waals surface area contributed by atoms with Crippen molar-refractivity contribution in [3.63, 3.8) is 0 Å². The van der Waals surface area contributed by atoms with Gasteiger partial charge in [-0.3, -0.25) is 0 Å². The van der Waals surface area contributed by atoms with E-state index in [0.717, 1.165) is 0 Å². The smallest absolute Gasteiger partial charge is 0.429 e. The lowest BCUT2D eigenvalue weighted by Gasteiger charge is -2.18. The molecule has 0 fully saturated rings. The molecule has 20 heavy (non-hydrogen) atoms. The van der Waals surface area contributed by atoms with E-state index in [1.165, 1.54) is 0 Å². The van der Waals surface area contributed by atoms with Crippen LogP contribution < -0.4 is 0 Å². The van der Waals surface area contributed by atoms with Crippen LogP contribution in [0.3, 0.4) is 0 Å². The van der Waals surface area contributed by atoms with E-state index in [0.29, 0.717) is 0 Å². The molecule has 0 aliphatic carbocycles. The fourth-order valence-electron chi connectivity index (χ4n) is 0.851. The second-order valence-corrected chi connectivity index (χ2v) is 5.86. The molecule has 0 saturated heterocycles. The monoisotopic (exact) mass is 286 g/mol. The summed E-state index contributed by atoms with van der Waals surface area (Å²) < 4.78 is 19.2. The Balaban J connectivity index is 3.80. The van der Waals surface area contributed by atoms with Crippen LogP contribution in [0.15, 0.2) is 0 Å². The number of hydrogen-bond donors (Lipinski definition) is 0. The van der Waals surface area contributed by atoms with E-state index in [2.05, 4.69) is 11.8 Å². The van der Waals surface area contributed by atoms with Gasteiger partial charge >= 0.3 is 12.3 Å². The van der Waals surface area contributed by atoms with Crippen molar-refractivity contribution in [1.82, 2.24) is 0 Å². The average molecular weight is 286 g/mol. The van der Waals surface area contributed by atoms with Crippen molar-refractivity contribution >= 4 is 12.3 Å². The Labute approximate surface area is 119 Å². The van der Waals surface area contributed by atoms with Gasteiger partial charge in [-0.05, 0) is 41.5 Å². The van der Waals surface area contributed by atoms with Crippen LogP contribution in [-0.4, -0.2) is 36.7 Å². The first-order valence-electron chi connectivity index (χ1n) is 6.17. The highest BCUT2D eigenvalue weighted by Crippen LogP contribution is 2.08. The van der Waals surface area contributed by atoms with Crippen LogP contribution >= 0.6 is 0 Å². The van der Waals surface area contributed by atoms with Gasteiger partial charge in [-0.15, -0.1) is 0 Å². The lowest BCUT2D eigenvalue weighted by Crippen LogP contribution is -2.24. The minimum Gasteiger partial charge on any atom is -0.429 e. The number of ether oxygens (including phenoxy) is 4. The minimum atomic E-state index is -0.792. The summed E-state index contributed by atoms with van der Waals surface area (Å²) in [4.78, 5) is 22.3. The molecule has 0 bridgehead atoms. The summed E-state index contributed by atoms with van der Waals surface area (Å²) >= 11 is 0. The lowest BCUT2D eigenvalue weighted by molar-refractivity contribution is -0.00377.